The molecular weight excluding hydrogens is 607 g/mol. The Balaban J connectivity index is 1.37. The predicted molar refractivity (Wildman–Crippen MR) is 127 cm³/mol. The third-order valence-corrected chi connectivity index (χ3v) is 6.43. The van der Waals surface area contributed by atoms with Crippen LogP contribution in [-0.2, 0) is 42.0 Å². The lowest BCUT2D eigenvalue weighted by Gasteiger charge is -2.40. The number of nitrogens with zero attached hydrogens (tertiary/aromatic N) is 3. The maximum absolute atomic E-state index is 13.6. The van der Waals surface area contributed by atoms with Gasteiger partial charge in [0.1, 0.15) is 24.4 Å². The number of aromatic nitrogens is 3. The molecule has 1 aliphatic rings. The van der Waals surface area contributed by atoms with Gasteiger partial charge in [0.05, 0.1) is 44.7 Å². The fourth-order valence-corrected chi connectivity index (χ4v) is 4.02. The van der Waals surface area contributed by atoms with Gasteiger partial charge in [0.25, 0.3) is 0 Å². The zero-order valence-electron chi connectivity index (χ0n) is 21.8. The Kier molecular flexibility index (Phi) is 11.7. The van der Waals surface area contributed by atoms with E-state index in [2.05, 4.69) is 19.8 Å². The lowest BCUT2D eigenvalue weighted by atomic mass is 9.99. The van der Waals surface area contributed by atoms with Crippen LogP contribution < -0.4 is 9.46 Å². The average Bonchev–Trinajstić information content (AvgIpc) is 3.39. The number of aliphatic hydroxyl groups excluding tert-OH is 3. The minimum Gasteiger partial charge on any atom is -0.420 e. The van der Waals surface area contributed by atoms with E-state index < -0.39 is 88.0 Å². The Labute approximate surface area is 235 Å². The van der Waals surface area contributed by atoms with Crippen LogP contribution in [0.2, 0.25) is 0 Å². The third-order valence-electron chi connectivity index (χ3n) is 5.74. The number of aliphatic hydroxyl groups is 3. The van der Waals surface area contributed by atoms with Crippen molar-refractivity contribution in [2.24, 2.45) is 0 Å². The fourth-order valence-electron chi connectivity index (χ4n) is 3.55. The normalized spacial score (nSPS) is 22.8. The van der Waals surface area contributed by atoms with E-state index in [9.17, 15) is 50.5 Å². The molecule has 0 radical (unpaired) electrons. The van der Waals surface area contributed by atoms with Gasteiger partial charge in [-0.3, -0.25) is 4.79 Å². The van der Waals surface area contributed by atoms with E-state index in [4.69, 9.17) is 14.2 Å². The van der Waals surface area contributed by atoms with Crippen LogP contribution in [0.25, 0.3) is 0 Å². The number of halogens is 5. The monoisotopic (exact) mass is 634 g/mol. The van der Waals surface area contributed by atoms with Crippen molar-refractivity contribution in [3.63, 3.8) is 0 Å². The van der Waals surface area contributed by atoms with Crippen LogP contribution in [0.1, 0.15) is 12.1 Å². The Hall–Kier alpha value is -2.85. The first-order chi connectivity index (χ1) is 19.7. The van der Waals surface area contributed by atoms with E-state index in [0.717, 1.165) is 6.26 Å². The molecule has 236 valence electrons. The Bertz CT molecular complexity index is 1320. The SMILES string of the molecule is CS(=O)(=O)NC[C@H]1O[C@H](OCCc2cn(CCOCCC(=O)Oc3c(F)c(F)c(F)c(F)c3F)nn2)[C@@H](O)[C@@H](O)[C@@H]1O. The summed E-state index contributed by atoms with van der Waals surface area (Å²) in [7, 11) is -3.61. The summed E-state index contributed by atoms with van der Waals surface area (Å²) < 4.78 is 113. The standard InChI is InChI=1S/C22H27F5N4O10S/c1-42(36,37)28-8-11-18(33)19(34)20(35)22(40-11)39-6-2-10-9-31(30-29-10)4-7-38-5-3-12(32)41-21-16(26)14(24)13(23)15(25)17(21)27/h9,11,18-20,22,28,33-35H,2-8H2,1H3/t11-,18-,19+,20+,22+/m1/s1. The van der Waals surface area contributed by atoms with Crippen LogP contribution in [0, 0.1) is 29.1 Å². The molecule has 0 aliphatic carbocycles. The minimum absolute atomic E-state index is 0.0136. The molecule has 5 atom stereocenters. The van der Waals surface area contributed by atoms with Crippen LogP contribution in [0.4, 0.5) is 22.0 Å². The van der Waals surface area contributed by atoms with Gasteiger partial charge in [-0.25, -0.2) is 31.0 Å². The highest BCUT2D eigenvalue weighted by Crippen LogP contribution is 2.29. The first-order valence-corrected chi connectivity index (χ1v) is 14.0. The molecule has 0 amide bonds. The van der Waals surface area contributed by atoms with Crippen molar-refractivity contribution in [1.29, 1.82) is 0 Å². The lowest BCUT2D eigenvalue weighted by Crippen LogP contribution is -2.60. The highest BCUT2D eigenvalue weighted by Gasteiger charge is 2.44. The van der Waals surface area contributed by atoms with Gasteiger partial charge in [0.2, 0.25) is 44.9 Å². The molecule has 4 N–H and O–H groups in total. The molecule has 1 aromatic carbocycles. The highest BCUT2D eigenvalue weighted by atomic mass is 32.2. The molecule has 1 saturated heterocycles. The van der Waals surface area contributed by atoms with Gasteiger partial charge >= 0.3 is 5.97 Å². The number of hydrogen-bond donors (Lipinski definition) is 4. The van der Waals surface area contributed by atoms with Crippen LogP contribution in [0.5, 0.6) is 5.75 Å². The number of hydrogen-bond acceptors (Lipinski definition) is 12. The Morgan fingerprint density at radius 3 is 2.29 bits per heavy atom. The number of ether oxygens (including phenoxy) is 4. The van der Waals surface area contributed by atoms with Gasteiger partial charge < -0.3 is 34.3 Å². The maximum atomic E-state index is 13.6. The second-order valence-electron chi connectivity index (χ2n) is 8.96. The van der Waals surface area contributed by atoms with Crippen molar-refractivity contribution in [1.82, 2.24) is 19.7 Å². The first kappa shape index (κ1) is 33.6. The molecule has 14 nitrogen and oxygen atoms in total. The number of carbonyl (C=O) groups is 1. The van der Waals surface area contributed by atoms with E-state index in [-0.39, 0.29) is 39.3 Å². The van der Waals surface area contributed by atoms with Crippen LogP contribution in [0.15, 0.2) is 6.20 Å². The highest BCUT2D eigenvalue weighted by molar-refractivity contribution is 7.88. The molecule has 42 heavy (non-hydrogen) atoms. The smallest absolute Gasteiger partial charge is 0.313 e. The summed E-state index contributed by atoms with van der Waals surface area (Å²) >= 11 is 0. The predicted octanol–water partition coefficient (Wildman–Crippen LogP) is -1.10. The van der Waals surface area contributed by atoms with Gasteiger partial charge in [-0.15, -0.1) is 5.10 Å². The fraction of sp³-hybridized carbons (Fsp3) is 0.591. The maximum Gasteiger partial charge on any atom is 0.313 e. The zero-order valence-corrected chi connectivity index (χ0v) is 22.6. The molecule has 3 rings (SSSR count). The second kappa shape index (κ2) is 14.6. The summed E-state index contributed by atoms with van der Waals surface area (Å²) in [4.78, 5) is 11.7. The molecule has 1 aromatic heterocycles. The molecule has 0 spiro atoms. The third kappa shape index (κ3) is 8.83. The lowest BCUT2D eigenvalue weighted by molar-refractivity contribution is -0.294. The Morgan fingerprint density at radius 2 is 1.64 bits per heavy atom. The van der Waals surface area contributed by atoms with Gasteiger partial charge in [0.15, 0.2) is 6.29 Å². The number of benzene rings is 1. The number of carbonyl (C=O) groups excluding carboxylic acids is 1. The molecule has 0 saturated carbocycles. The van der Waals surface area contributed by atoms with Gasteiger partial charge in [-0.05, 0) is 0 Å². The van der Waals surface area contributed by atoms with E-state index in [1.807, 2.05) is 0 Å². The first-order valence-electron chi connectivity index (χ1n) is 12.1. The average molecular weight is 635 g/mol. The largest absolute Gasteiger partial charge is 0.420 e. The second-order valence-corrected chi connectivity index (χ2v) is 10.8. The Morgan fingerprint density at radius 1 is 1.00 bits per heavy atom. The molecule has 20 heteroatoms. The molecule has 2 aromatic rings. The number of nitrogens with one attached hydrogen (secondary N) is 1. The molecule has 0 bridgehead atoms. The summed E-state index contributed by atoms with van der Waals surface area (Å²) in [5.41, 5.74) is 0.433. The van der Waals surface area contributed by atoms with Crippen LogP contribution in [0.3, 0.4) is 0 Å². The number of sulfonamides is 1. The quantitative estimate of drug-likeness (QED) is 0.0491. The summed E-state index contributed by atoms with van der Waals surface area (Å²) in [5.74, 6) is -14.5. The summed E-state index contributed by atoms with van der Waals surface area (Å²) in [6, 6.07) is 0. The van der Waals surface area contributed by atoms with Crippen molar-refractivity contribution >= 4 is 16.0 Å². The molecule has 2 heterocycles. The molecule has 1 fully saturated rings. The summed E-state index contributed by atoms with van der Waals surface area (Å²) in [6.07, 6.45) is -5.40. The van der Waals surface area contributed by atoms with Crippen molar-refractivity contribution in [3.8, 4) is 5.75 Å². The van der Waals surface area contributed by atoms with E-state index in [1.165, 1.54) is 10.9 Å². The summed E-state index contributed by atoms with van der Waals surface area (Å²) in [6.45, 7) is -0.622. The minimum atomic E-state index is -3.61. The topological polar surface area (TPSA) is 192 Å². The van der Waals surface area contributed by atoms with Gasteiger partial charge in [-0.2, -0.15) is 8.78 Å². The molecule has 1 aliphatic heterocycles. The summed E-state index contributed by atoms with van der Waals surface area (Å²) in [5, 5.41) is 37.9. The van der Waals surface area contributed by atoms with Crippen molar-refractivity contribution < 1.29 is 69.4 Å². The van der Waals surface area contributed by atoms with Crippen LogP contribution in [-0.4, -0.2) is 108 Å². The van der Waals surface area contributed by atoms with E-state index >= 15 is 0 Å². The van der Waals surface area contributed by atoms with Gasteiger partial charge in [0, 0.05) is 19.2 Å². The molecule has 0 unspecified atom stereocenters. The van der Waals surface area contributed by atoms with Crippen molar-refractivity contribution in [2.45, 2.75) is 50.1 Å². The number of rotatable bonds is 14. The van der Waals surface area contributed by atoms with Crippen molar-refractivity contribution in [3.05, 3.63) is 41.0 Å². The van der Waals surface area contributed by atoms with Gasteiger partial charge in [-0.1, -0.05) is 5.21 Å². The van der Waals surface area contributed by atoms with Crippen molar-refractivity contribution in [2.75, 3.05) is 32.6 Å². The zero-order chi connectivity index (χ0) is 31.2. The number of esters is 1. The van der Waals surface area contributed by atoms with E-state index in [0.29, 0.717) is 5.69 Å². The van der Waals surface area contributed by atoms with E-state index in [1.54, 1.807) is 0 Å². The van der Waals surface area contributed by atoms with Crippen LogP contribution >= 0.6 is 0 Å². The molecular formula is C22H27F5N4O10S.